The molecule has 0 saturated carbocycles. The summed E-state index contributed by atoms with van der Waals surface area (Å²) in [4.78, 5) is 7.97. The normalized spacial score (nSPS) is 9.79. The number of halogens is 1. The monoisotopic (exact) mass is 258 g/mol. The summed E-state index contributed by atoms with van der Waals surface area (Å²) in [5.74, 6) is 0.285. The van der Waals surface area contributed by atoms with Crippen molar-refractivity contribution >= 4 is 5.82 Å². The molecular formula is C13H11FN4O. The summed E-state index contributed by atoms with van der Waals surface area (Å²) in [7, 11) is 1.72. The maximum atomic E-state index is 13.7. The Labute approximate surface area is 109 Å². The number of anilines is 1. The molecule has 19 heavy (non-hydrogen) atoms. The highest BCUT2D eigenvalue weighted by molar-refractivity contribution is 5.48. The van der Waals surface area contributed by atoms with E-state index in [1.165, 1.54) is 18.5 Å². The molecule has 0 fully saturated rings. The van der Waals surface area contributed by atoms with Crippen molar-refractivity contribution in [1.82, 2.24) is 9.97 Å². The first-order valence-electron chi connectivity index (χ1n) is 5.52. The Balaban J connectivity index is 2.34. The van der Waals surface area contributed by atoms with E-state index in [0.717, 1.165) is 6.07 Å². The lowest BCUT2D eigenvalue weighted by atomic mass is 10.2. The highest BCUT2D eigenvalue weighted by Crippen LogP contribution is 2.28. The van der Waals surface area contributed by atoms with Crippen molar-refractivity contribution in [2.24, 2.45) is 0 Å². The lowest BCUT2D eigenvalue weighted by Gasteiger charge is -2.10. The van der Waals surface area contributed by atoms with E-state index in [4.69, 9.17) is 10.00 Å². The molecule has 0 radical (unpaired) electrons. The second-order valence-electron chi connectivity index (χ2n) is 3.76. The summed E-state index contributed by atoms with van der Waals surface area (Å²) in [5, 5.41) is 11.6. The zero-order chi connectivity index (χ0) is 13.8. The second kappa shape index (κ2) is 5.31. The van der Waals surface area contributed by atoms with Gasteiger partial charge in [-0.15, -0.1) is 0 Å². The summed E-state index contributed by atoms with van der Waals surface area (Å²) < 4.78 is 19.1. The van der Waals surface area contributed by atoms with Crippen molar-refractivity contribution in [1.29, 1.82) is 5.26 Å². The minimum atomic E-state index is -0.608. The van der Waals surface area contributed by atoms with E-state index in [0.29, 0.717) is 11.4 Å². The molecule has 0 amide bonds. The number of aromatic nitrogens is 2. The van der Waals surface area contributed by atoms with Crippen molar-refractivity contribution < 1.29 is 9.13 Å². The molecule has 0 aliphatic carbocycles. The van der Waals surface area contributed by atoms with Crippen LogP contribution in [0, 0.1) is 24.1 Å². The van der Waals surface area contributed by atoms with Gasteiger partial charge < -0.3 is 10.1 Å². The van der Waals surface area contributed by atoms with Crippen LogP contribution in [0.25, 0.3) is 0 Å². The molecule has 0 aliphatic rings. The maximum Gasteiger partial charge on any atom is 0.227 e. The summed E-state index contributed by atoms with van der Waals surface area (Å²) in [6.45, 7) is 1.77. The van der Waals surface area contributed by atoms with Crippen LogP contribution in [0.4, 0.5) is 10.2 Å². The molecule has 0 aliphatic heterocycles. The Morgan fingerprint density at radius 1 is 1.37 bits per heavy atom. The van der Waals surface area contributed by atoms with Crippen LogP contribution in [0.5, 0.6) is 11.6 Å². The first kappa shape index (κ1) is 12.8. The smallest absolute Gasteiger partial charge is 0.227 e. The van der Waals surface area contributed by atoms with Crippen LogP contribution in [0.1, 0.15) is 11.1 Å². The van der Waals surface area contributed by atoms with Crippen LogP contribution in [-0.4, -0.2) is 17.0 Å². The van der Waals surface area contributed by atoms with E-state index in [2.05, 4.69) is 15.3 Å². The largest absolute Gasteiger partial charge is 0.435 e. The van der Waals surface area contributed by atoms with Crippen LogP contribution in [0.15, 0.2) is 24.5 Å². The summed E-state index contributed by atoms with van der Waals surface area (Å²) >= 11 is 0. The highest BCUT2D eigenvalue weighted by atomic mass is 19.1. The molecular weight excluding hydrogens is 247 g/mol. The van der Waals surface area contributed by atoms with Crippen LogP contribution in [0.2, 0.25) is 0 Å². The van der Waals surface area contributed by atoms with E-state index in [-0.39, 0.29) is 17.2 Å². The van der Waals surface area contributed by atoms with Crippen LogP contribution in [-0.2, 0) is 0 Å². The average Bonchev–Trinajstić information content (AvgIpc) is 2.43. The number of hydrogen-bond acceptors (Lipinski definition) is 5. The third-order valence-corrected chi connectivity index (χ3v) is 2.54. The fourth-order valence-electron chi connectivity index (χ4n) is 1.55. The Morgan fingerprint density at radius 3 is 2.79 bits per heavy atom. The molecule has 0 spiro atoms. The van der Waals surface area contributed by atoms with Gasteiger partial charge in [0, 0.05) is 7.05 Å². The minimum absolute atomic E-state index is 0.0165. The van der Waals surface area contributed by atoms with Gasteiger partial charge in [-0.1, -0.05) is 0 Å². The van der Waals surface area contributed by atoms with Gasteiger partial charge >= 0.3 is 0 Å². The Hall–Kier alpha value is -2.68. The summed E-state index contributed by atoms with van der Waals surface area (Å²) in [6, 6.07) is 5.85. The predicted molar refractivity (Wildman–Crippen MR) is 67.5 cm³/mol. The van der Waals surface area contributed by atoms with Gasteiger partial charge in [-0.3, -0.25) is 0 Å². The molecule has 96 valence electrons. The lowest BCUT2D eigenvalue weighted by Crippen LogP contribution is -2.00. The standard InChI is InChI=1S/C13H11FN4O/c1-8-12(16-2)17-7-18-13(8)19-11-4-3-9(6-15)5-10(11)14/h3-5,7H,1-2H3,(H,16,17,18). The number of hydrogen-bond donors (Lipinski definition) is 1. The number of nitriles is 1. The molecule has 2 aromatic rings. The number of nitrogens with one attached hydrogen (secondary N) is 1. The lowest BCUT2D eigenvalue weighted by molar-refractivity contribution is 0.423. The van der Waals surface area contributed by atoms with Gasteiger partial charge in [0.15, 0.2) is 11.6 Å². The Kier molecular flexibility index (Phi) is 3.57. The van der Waals surface area contributed by atoms with Crippen LogP contribution < -0.4 is 10.1 Å². The molecule has 1 N–H and O–H groups in total. The maximum absolute atomic E-state index is 13.7. The molecule has 5 nitrogen and oxygen atoms in total. The van der Waals surface area contributed by atoms with Gasteiger partial charge in [-0.05, 0) is 25.1 Å². The quantitative estimate of drug-likeness (QED) is 0.916. The molecule has 1 aromatic heterocycles. The number of rotatable bonds is 3. The number of ether oxygens (including phenoxy) is 1. The van der Waals surface area contributed by atoms with Gasteiger partial charge in [0.1, 0.15) is 12.1 Å². The van der Waals surface area contributed by atoms with Crippen molar-refractivity contribution in [2.45, 2.75) is 6.92 Å². The fourth-order valence-corrected chi connectivity index (χ4v) is 1.55. The third-order valence-electron chi connectivity index (χ3n) is 2.54. The van der Waals surface area contributed by atoms with Gasteiger partial charge in [0.05, 0.1) is 17.2 Å². The molecule has 1 heterocycles. The Bertz CT molecular complexity index is 652. The molecule has 2 rings (SSSR count). The minimum Gasteiger partial charge on any atom is -0.435 e. The van der Waals surface area contributed by atoms with E-state index in [1.807, 2.05) is 6.07 Å². The molecule has 0 bridgehead atoms. The van der Waals surface area contributed by atoms with Gasteiger partial charge in [0.25, 0.3) is 0 Å². The molecule has 6 heteroatoms. The van der Waals surface area contributed by atoms with E-state index >= 15 is 0 Å². The Morgan fingerprint density at radius 2 is 2.16 bits per heavy atom. The topological polar surface area (TPSA) is 70.8 Å². The predicted octanol–water partition coefficient (Wildman–Crippen LogP) is 2.63. The van der Waals surface area contributed by atoms with Crippen LogP contribution in [0.3, 0.4) is 0 Å². The SMILES string of the molecule is CNc1ncnc(Oc2ccc(C#N)cc2F)c1C. The molecule has 0 atom stereocenters. The van der Waals surface area contributed by atoms with Gasteiger partial charge in [-0.2, -0.15) is 5.26 Å². The van der Waals surface area contributed by atoms with Crippen molar-refractivity contribution in [2.75, 3.05) is 12.4 Å². The van der Waals surface area contributed by atoms with E-state index < -0.39 is 5.82 Å². The van der Waals surface area contributed by atoms with Crippen molar-refractivity contribution in [3.8, 4) is 17.7 Å². The van der Waals surface area contributed by atoms with Gasteiger partial charge in [-0.25, -0.2) is 14.4 Å². The number of benzene rings is 1. The first-order chi connectivity index (χ1) is 9.15. The molecule has 0 saturated heterocycles. The zero-order valence-corrected chi connectivity index (χ0v) is 10.4. The third kappa shape index (κ3) is 2.60. The molecule has 0 unspecified atom stereocenters. The van der Waals surface area contributed by atoms with Crippen LogP contribution >= 0.6 is 0 Å². The molecule has 1 aromatic carbocycles. The first-order valence-corrected chi connectivity index (χ1v) is 5.52. The van der Waals surface area contributed by atoms with Gasteiger partial charge in [0.2, 0.25) is 5.88 Å². The average molecular weight is 258 g/mol. The highest BCUT2D eigenvalue weighted by Gasteiger charge is 2.11. The van der Waals surface area contributed by atoms with E-state index in [1.54, 1.807) is 14.0 Å². The van der Waals surface area contributed by atoms with Crippen molar-refractivity contribution in [3.05, 3.63) is 41.5 Å². The van der Waals surface area contributed by atoms with E-state index in [9.17, 15) is 4.39 Å². The summed E-state index contributed by atoms with van der Waals surface area (Å²) in [5.41, 5.74) is 0.911. The van der Waals surface area contributed by atoms with Crippen molar-refractivity contribution in [3.63, 3.8) is 0 Å². The number of nitrogens with zero attached hydrogens (tertiary/aromatic N) is 3. The summed E-state index contributed by atoms with van der Waals surface area (Å²) in [6.07, 6.45) is 1.33. The fraction of sp³-hybridized carbons (Fsp3) is 0.154. The second-order valence-corrected chi connectivity index (χ2v) is 3.76. The zero-order valence-electron chi connectivity index (χ0n) is 10.4.